The van der Waals surface area contributed by atoms with Crippen LogP contribution in [-0.2, 0) is 9.59 Å². The zero-order chi connectivity index (χ0) is 20.8. The maximum Gasteiger partial charge on any atom is 0.242 e. The molecule has 6 nitrogen and oxygen atoms in total. The number of para-hydroxylation sites is 2. The summed E-state index contributed by atoms with van der Waals surface area (Å²) in [6.07, 6.45) is 0. The molecule has 0 spiro atoms. The van der Waals surface area contributed by atoms with E-state index >= 15 is 0 Å². The summed E-state index contributed by atoms with van der Waals surface area (Å²) in [5, 5.41) is 0. The van der Waals surface area contributed by atoms with E-state index in [-0.39, 0.29) is 24.2 Å². The van der Waals surface area contributed by atoms with Gasteiger partial charge in [0.05, 0.1) is 12.3 Å². The lowest BCUT2D eigenvalue weighted by Crippen LogP contribution is -2.51. The molecular formula is C22H26FN3O3. The number of halogens is 1. The molecule has 0 bridgehead atoms. The lowest BCUT2D eigenvalue weighted by atomic mass is 10.2. The molecule has 1 saturated heterocycles. The highest BCUT2D eigenvalue weighted by atomic mass is 19.1. The fourth-order valence-electron chi connectivity index (χ4n) is 3.43. The van der Waals surface area contributed by atoms with Crippen molar-refractivity contribution in [3.05, 3.63) is 54.3 Å². The van der Waals surface area contributed by atoms with Gasteiger partial charge in [-0.2, -0.15) is 0 Å². The van der Waals surface area contributed by atoms with Crippen molar-refractivity contribution in [1.82, 2.24) is 4.90 Å². The number of piperazine rings is 1. The SMILES string of the molecule is CCOc1ccccc1N(CC(=O)N1CCN(c2ccc(F)cc2)CC1)C(C)=O. The average molecular weight is 399 g/mol. The third-order valence-corrected chi connectivity index (χ3v) is 4.95. The number of ether oxygens (including phenoxy) is 1. The van der Waals surface area contributed by atoms with Gasteiger partial charge in [-0.1, -0.05) is 12.1 Å². The Kier molecular flexibility index (Phi) is 6.69. The van der Waals surface area contributed by atoms with Gasteiger partial charge in [0.15, 0.2) is 0 Å². The van der Waals surface area contributed by atoms with Crippen molar-refractivity contribution in [2.75, 3.05) is 49.1 Å². The van der Waals surface area contributed by atoms with Crippen molar-refractivity contribution in [3.8, 4) is 5.75 Å². The smallest absolute Gasteiger partial charge is 0.242 e. The van der Waals surface area contributed by atoms with Crippen molar-refractivity contribution in [2.24, 2.45) is 0 Å². The van der Waals surface area contributed by atoms with Crippen LogP contribution in [0.2, 0.25) is 0 Å². The van der Waals surface area contributed by atoms with Crippen molar-refractivity contribution in [3.63, 3.8) is 0 Å². The Bertz CT molecular complexity index is 849. The number of carbonyl (C=O) groups excluding carboxylic acids is 2. The molecule has 2 amide bonds. The largest absolute Gasteiger partial charge is 0.492 e. The molecule has 2 aromatic rings. The van der Waals surface area contributed by atoms with Gasteiger partial charge in [-0.05, 0) is 43.3 Å². The summed E-state index contributed by atoms with van der Waals surface area (Å²) in [5.74, 6) is -0.000871. The second kappa shape index (κ2) is 9.41. The molecule has 0 N–H and O–H groups in total. The standard InChI is InChI=1S/C22H26FN3O3/c1-3-29-21-7-5-4-6-20(21)26(17(2)27)16-22(28)25-14-12-24(13-15-25)19-10-8-18(23)9-11-19/h4-11H,3,12-16H2,1-2H3. The van der Waals surface area contributed by atoms with Gasteiger partial charge in [-0.15, -0.1) is 0 Å². The lowest BCUT2D eigenvalue weighted by Gasteiger charge is -2.37. The van der Waals surface area contributed by atoms with Crippen LogP contribution in [0.15, 0.2) is 48.5 Å². The fraction of sp³-hybridized carbons (Fsp3) is 0.364. The zero-order valence-electron chi connectivity index (χ0n) is 16.8. The second-order valence-electron chi connectivity index (χ2n) is 6.85. The molecule has 29 heavy (non-hydrogen) atoms. The molecule has 154 valence electrons. The molecule has 0 radical (unpaired) electrons. The van der Waals surface area contributed by atoms with Crippen molar-refractivity contribution >= 4 is 23.2 Å². The Morgan fingerprint density at radius 2 is 1.69 bits per heavy atom. The molecule has 2 aromatic carbocycles. The van der Waals surface area contributed by atoms with E-state index < -0.39 is 0 Å². The van der Waals surface area contributed by atoms with Crippen molar-refractivity contribution in [1.29, 1.82) is 0 Å². The van der Waals surface area contributed by atoms with Crippen LogP contribution >= 0.6 is 0 Å². The molecule has 7 heteroatoms. The minimum Gasteiger partial charge on any atom is -0.492 e. The molecule has 3 rings (SSSR count). The van der Waals surface area contributed by atoms with Crippen LogP contribution < -0.4 is 14.5 Å². The summed E-state index contributed by atoms with van der Waals surface area (Å²) in [6, 6.07) is 13.6. The van der Waals surface area contributed by atoms with Gasteiger partial charge in [0.25, 0.3) is 0 Å². The number of hydrogen-bond donors (Lipinski definition) is 0. The fourth-order valence-corrected chi connectivity index (χ4v) is 3.43. The van der Waals surface area contributed by atoms with Gasteiger partial charge in [0.1, 0.15) is 18.1 Å². The maximum atomic E-state index is 13.1. The second-order valence-corrected chi connectivity index (χ2v) is 6.85. The Labute approximate surface area is 170 Å². The highest BCUT2D eigenvalue weighted by Crippen LogP contribution is 2.28. The van der Waals surface area contributed by atoms with E-state index in [9.17, 15) is 14.0 Å². The predicted octanol–water partition coefficient (Wildman–Crippen LogP) is 2.93. The Morgan fingerprint density at radius 3 is 2.31 bits per heavy atom. The molecule has 0 saturated carbocycles. The minimum atomic E-state index is -0.265. The molecule has 1 aliphatic rings. The van der Waals surface area contributed by atoms with Gasteiger partial charge < -0.3 is 14.5 Å². The van der Waals surface area contributed by atoms with Gasteiger partial charge >= 0.3 is 0 Å². The number of amides is 2. The predicted molar refractivity (Wildman–Crippen MR) is 111 cm³/mol. The first kappa shape index (κ1) is 20.6. The van der Waals surface area contributed by atoms with Crippen LogP contribution in [0.25, 0.3) is 0 Å². The number of benzene rings is 2. The summed E-state index contributed by atoms with van der Waals surface area (Å²) in [4.78, 5) is 30.5. The third-order valence-electron chi connectivity index (χ3n) is 4.95. The number of rotatable bonds is 6. The van der Waals surface area contributed by atoms with Crippen LogP contribution in [0.1, 0.15) is 13.8 Å². The van der Waals surface area contributed by atoms with Crippen LogP contribution in [0.5, 0.6) is 5.75 Å². The summed E-state index contributed by atoms with van der Waals surface area (Å²) >= 11 is 0. The highest BCUT2D eigenvalue weighted by molar-refractivity contribution is 5.98. The third kappa shape index (κ3) is 5.04. The average Bonchev–Trinajstić information content (AvgIpc) is 2.73. The van der Waals surface area contributed by atoms with Gasteiger partial charge in [-0.25, -0.2) is 4.39 Å². The first-order valence-electron chi connectivity index (χ1n) is 9.77. The molecule has 1 fully saturated rings. The highest BCUT2D eigenvalue weighted by Gasteiger charge is 2.25. The minimum absolute atomic E-state index is 0.0318. The molecule has 0 atom stereocenters. The molecule has 0 aromatic heterocycles. The van der Waals surface area contributed by atoms with E-state index in [1.807, 2.05) is 19.1 Å². The maximum absolute atomic E-state index is 13.1. The molecular weight excluding hydrogens is 373 g/mol. The number of nitrogens with zero attached hydrogens (tertiary/aromatic N) is 3. The lowest BCUT2D eigenvalue weighted by molar-refractivity contribution is -0.131. The van der Waals surface area contributed by atoms with Crippen LogP contribution in [0, 0.1) is 5.82 Å². The van der Waals surface area contributed by atoms with Gasteiger partial charge in [0, 0.05) is 38.8 Å². The quantitative estimate of drug-likeness (QED) is 0.750. The molecule has 1 aliphatic heterocycles. The number of hydrogen-bond acceptors (Lipinski definition) is 4. The monoisotopic (exact) mass is 399 g/mol. The number of carbonyl (C=O) groups is 2. The van der Waals surface area contributed by atoms with E-state index in [1.165, 1.54) is 24.0 Å². The first-order valence-corrected chi connectivity index (χ1v) is 9.77. The van der Waals surface area contributed by atoms with E-state index in [4.69, 9.17) is 4.74 Å². The summed E-state index contributed by atoms with van der Waals surface area (Å²) < 4.78 is 18.7. The molecule has 1 heterocycles. The van der Waals surface area contributed by atoms with Gasteiger partial charge in [0.2, 0.25) is 11.8 Å². The van der Waals surface area contributed by atoms with E-state index in [2.05, 4.69) is 4.90 Å². The van der Waals surface area contributed by atoms with E-state index in [1.54, 1.807) is 29.2 Å². The Hall–Kier alpha value is -3.09. The first-order chi connectivity index (χ1) is 14.0. The Morgan fingerprint density at radius 1 is 1.03 bits per heavy atom. The van der Waals surface area contributed by atoms with Crippen LogP contribution in [0.3, 0.4) is 0 Å². The normalized spacial score (nSPS) is 13.9. The van der Waals surface area contributed by atoms with Gasteiger partial charge in [-0.3, -0.25) is 14.5 Å². The van der Waals surface area contributed by atoms with Crippen molar-refractivity contribution < 1.29 is 18.7 Å². The van der Waals surface area contributed by atoms with Crippen LogP contribution in [0.4, 0.5) is 15.8 Å². The summed E-state index contributed by atoms with van der Waals surface area (Å²) in [7, 11) is 0. The van der Waals surface area contributed by atoms with E-state index in [0.717, 1.165) is 5.69 Å². The van der Waals surface area contributed by atoms with Crippen molar-refractivity contribution in [2.45, 2.75) is 13.8 Å². The molecule has 0 unspecified atom stereocenters. The topological polar surface area (TPSA) is 53.1 Å². The summed E-state index contributed by atoms with van der Waals surface area (Å²) in [6.45, 7) is 6.19. The van der Waals surface area contributed by atoms with Crippen LogP contribution in [-0.4, -0.2) is 56.0 Å². The number of anilines is 2. The zero-order valence-corrected chi connectivity index (χ0v) is 16.8. The molecule has 0 aliphatic carbocycles. The van der Waals surface area contributed by atoms with E-state index in [0.29, 0.717) is 44.2 Å². The summed E-state index contributed by atoms with van der Waals surface area (Å²) in [5.41, 5.74) is 1.54. The Balaban J connectivity index is 1.64.